The Balaban J connectivity index is 2.27. The molecule has 20 heavy (non-hydrogen) atoms. The van der Waals surface area contributed by atoms with Gasteiger partial charge in [-0.15, -0.1) is 0 Å². The first kappa shape index (κ1) is 15.7. The second-order valence-corrected chi connectivity index (χ2v) is 5.53. The van der Waals surface area contributed by atoms with Crippen molar-refractivity contribution in [3.05, 3.63) is 34.4 Å². The van der Waals surface area contributed by atoms with E-state index in [0.29, 0.717) is 12.2 Å². The van der Waals surface area contributed by atoms with Crippen LogP contribution in [0.5, 0.6) is 0 Å². The van der Waals surface area contributed by atoms with Crippen LogP contribution in [0, 0.1) is 11.6 Å². The Kier molecular flexibility index (Phi) is 5.75. The summed E-state index contributed by atoms with van der Waals surface area (Å²) in [6.07, 6.45) is 3.93. The summed E-state index contributed by atoms with van der Waals surface area (Å²) in [5, 5.41) is 3.59. The SMILES string of the molecule is CCCNC(c1cc(F)c(F)cc1Cl)C1CCCCO1. The summed E-state index contributed by atoms with van der Waals surface area (Å²) in [6.45, 7) is 3.54. The van der Waals surface area contributed by atoms with E-state index in [1.54, 1.807) is 0 Å². The number of benzene rings is 1. The summed E-state index contributed by atoms with van der Waals surface area (Å²) >= 11 is 6.09. The molecule has 2 atom stereocenters. The molecule has 2 rings (SSSR count). The van der Waals surface area contributed by atoms with Gasteiger partial charge < -0.3 is 10.1 Å². The van der Waals surface area contributed by atoms with Crippen molar-refractivity contribution >= 4 is 11.6 Å². The number of ether oxygens (including phenoxy) is 1. The number of nitrogens with one attached hydrogen (secondary N) is 1. The zero-order valence-electron chi connectivity index (χ0n) is 11.6. The Morgan fingerprint density at radius 3 is 2.75 bits per heavy atom. The van der Waals surface area contributed by atoms with Crippen LogP contribution in [0.2, 0.25) is 5.02 Å². The molecule has 1 saturated heterocycles. The van der Waals surface area contributed by atoms with Crippen LogP contribution in [0.4, 0.5) is 8.78 Å². The maximum absolute atomic E-state index is 13.5. The predicted molar refractivity (Wildman–Crippen MR) is 76.0 cm³/mol. The summed E-state index contributed by atoms with van der Waals surface area (Å²) in [5.41, 5.74) is 0.575. The van der Waals surface area contributed by atoms with E-state index in [0.717, 1.165) is 38.3 Å². The number of halogens is 3. The van der Waals surface area contributed by atoms with Crippen LogP contribution in [-0.4, -0.2) is 19.3 Å². The normalized spacial score (nSPS) is 20.9. The molecule has 1 N–H and O–H groups in total. The lowest BCUT2D eigenvalue weighted by atomic mass is 9.95. The van der Waals surface area contributed by atoms with Crippen LogP contribution in [0.15, 0.2) is 12.1 Å². The van der Waals surface area contributed by atoms with Gasteiger partial charge >= 0.3 is 0 Å². The van der Waals surface area contributed by atoms with Gasteiger partial charge in [-0.1, -0.05) is 18.5 Å². The summed E-state index contributed by atoms with van der Waals surface area (Å²) in [4.78, 5) is 0. The molecule has 0 amide bonds. The molecule has 1 aromatic carbocycles. The highest BCUT2D eigenvalue weighted by atomic mass is 35.5. The molecule has 1 aromatic rings. The first-order valence-electron chi connectivity index (χ1n) is 7.13. The predicted octanol–water partition coefficient (Wildman–Crippen LogP) is 4.23. The molecule has 0 spiro atoms. The maximum atomic E-state index is 13.5. The quantitative estimate of drug-likeness (QED) is 0.822. The molecule has 1 aliphatic heterocycles. The van der Waals surface area contributed by atoms with Gasteiger partial charge in [-0.25, -0.2) is 8.78 Å². The Morgan fingerprint density at radius 1 is 1.35 bits per heavy atom. The molecule has 112 valence electrons. The van der Waals surface area contributed by atoms with Gasteiger partial charge in [0.1, 0.15) is 0 Å². The Labute approximate surface area is 123 Å². The lowest BCUT2D eigenvalue weighted by molar-refractivity contribution is -0.00820. The van der Waals surface area contributed by atoms with Crippen molar-refractivity contribution in [2.75, 3.05) is 13.2 Å². The summed E-state index contributed by atoms with van der Waals surface area (Å²) < 4.78 is 32.5. The largest absolute Gasteiger partial charge is 0.376 e. The molecule has 0 aliphatic carbocycles. The lowest BCUT2D eigenvalue weighted by Gasteiger charge is -2.32. The standard InChI is InChI=1S/C15H20ClF2NO/c1-2-6-19-15(14-5-3-4-7-20-14)10-8-12(17)13(18)9-11(10)16/h8-9,14-15,19H,2-7H2,1H3. The van der Waals surface area contributed by atoms with Crippen LogP contribution < -0.4 is 5.32 Å². The van der Waals surface area contributed by atoms with E-state index in [9.17, 15) is 8.78 Å². The second-order valence-electron chi connectivity index (χ2n) is 5.12. The van der Waals surface area contributed by atoms with Gasteiger partial charge in [0.2, 0.25) is 0 Å². The molecule has 2 nitrogen and oxygen atoms in total. The van der Waals surface area contributed by atoms with Crippen molar-refractivity contribution in [3.8, 4) is 0 Å². The van der Waals surface area contributed by atoms with Gasteiger partial charge in [-0.05, 0) is 49.9 Å². The topological polar surface area (TPSA) is 21.3 Å². The number of hydrogen-bond acceptors (Lipinski definition) is 2. The van der Waals surface area contributed by atoms with E-state index in [4.69, 9.17) is 16.3 Å². The van der Waals surface area contributed by atoms with Crippen LogP contribution in [-0.2, 0) is 4.74 Å². The molecule has 0 bridgehead atoms. The van der Waals surface area contributed by atoms with E-state index in [2.05, 4.69) is 12.2 Å². The van der Waals surface area contributed by atoms with Crippen LogP contribution in [0.3, 0.4) is 0 Å². The molecule has 2 unspecified atom stereocenters. The highest BCUT2D eigenvalue weighted by molar-refractivity contribution is 6.31. The molecule has 0 aromatic heterocycles. The minimum atomic E-state index is -0.919. The highest BCUT2D eigenvalue weighted by Gasteiger charge is 2.28. The van der Waals surface area contributed by atoms with E-state index in [1.165, 1.54) is 6.07 Å². The van der Waals surface area contributed by atoms with E-state index in [1.807, 2.05) is 0 Å². The average Bonchev–Trinajstić information content (AvgIpc) is 2.45. The van der Waals surface area contributed by atoms with Gasteiger partial charge in [0, 0.05) is 11.6 Å². The Bertz CT molecular complexity index is 450. The monoisotopic (exact) mass is 303 g/mol. The third kappa shape index (κ3) is 3.68. The maximum Gasteiger partial charge on any atom is 0.160 e. The van der Waals surface area contributed by atoms with Crippen LogP contribution >= 0.6 is 11.6 Å². The summed E-state index contributed by atoms with van der Waals surface area (Å²) in [6, 6.07) is 2.02. The lowest BCUT2D eigenvalue weighted by Crippen LogP contribution is -2.36. The highest BCUT2D eigenvalue weighted by Crippen LogP contribution is 2.32. The van der Waals surface area contributed by atoms with Gasteiger partial charge in [0.05, 0.1) is 12.1 Å². The number of hydrogen-bond donors (Lipinski definition) is 1. The van der Waals surface area contributed by atoms with Gasteiger partial charge in [-0.3, -0.25) is 0 Å². The Morgan fingerprint density at radius 2 is 2.10 bits per heavy atom. The van der Waals surface area contributed by atoms with Crippen molar-refractivity contribution in [2.45, 2.75) is 44.8 Å². The number of rotatable bonds is 5. The van der Waals surface area contributed by atoms with Crippen molar-refractivity contribution < 1.29 is 13.5 Å². The molecule has 1 heterocycles. The molecular weight excluding hydrogens is 284 g/mol. The van der Waals surface area contributed by atoms with Crippen LogP contribution in [0.25, 0.3) is 0 Å². The fourth-order valence-electron chi connectivity index (χ4n) is 2.55. The molecular formula is C15H20ClF2NO. The minimum absolute atomic E-state index is 0.0438. The zero-order valence-corrected chi connectivity index (χ0v) is 12.4. The van der Waals surface area contributed by atoms with Gasteiger partial charge in [0.25, 0.3) is 0 Å². The van der Waals surface area contributed by atoms with Crippen molar-refractivity contribution in [3.63, 3.8) is 0 Å². The first-order chi connectivity index (χ1) is 9.63. The van der Waals surface area contributed by atoms with E-state index >= 15 is 0 Å². The zero-order chi connectivity index (χ0) is 14.5. The van der Waals surface area contributed by atoms with Gasteiger partial charge in [0.15, 0.2) is 11.6 Å². The summed E-state index contributed by atoms with van der Waals surface area (Å²) in [7, 11) is 0. The molecule has 1 aliphatic rings. The molecule has 0 saturated carbocycles. The first-order valence-corrected chi connectivity index (χ1v) is 7.50. The fraction of sp³-hybridized carbons (Fsp3) is 0.600. The summed E-state index contributed by atoms with van der Waals surface area (Å²) in [5.74, 6) is -1.79. The van der Waals surface area contributed by atoms with Crippen molar-refractivity contribution in [1.29, 1.82) is 0 Å². The van der Waals surface area contributed by atoms with E-state index < -0.39 is 11.6 Å². The van der Waals surface area contributed by atoms with Gasteiger partial charge in [-0.2, -0.15) is 0 Å². The minimum Gasteiger partial charge on any atom is -0.376 e. The molecule has 0 radical (unpaired) electrons. The van der Waals surface area contributed by atoms with Crippen LogP contribution in [0.1, 0.15) is 44.2 Å². The van der Waals surface area contributed by atoms with Crippen molar-refractivity contribution in [1.82, 2.24) is 5.32 Å². The molecule has 5 heteroatoms. The average molecular weight is 304 g/mol. The smallest absolute Gasteiger partial charge is 0.160 e. The van der Waals surface area contributed by atoms with Crippen molar-refractivity contribution in [2.24, 2.45) is 0 Å². The molecule has 1 fully saturated rings. The fourth-order valence-corrected chi connectivity index (χ4v) is 2.81. The second kappa shape index (κ2) is 7.34. The Hall–Kier alpha value is -0.710. The van der Waals surface area contributed by atoms with E-state index in [-0.39, 0.29) is 17.2 Å². The third-order valence-corrected chi connectivity index (χ3v) is 3.90. The third-order valence-electron chi connectivity index (χ3n) is 3.58.